The third kappa shape index (κ3) is 9.08. The fourth-order valence-corrected chi connectivity index (χ4v) is 4.52. The van der Waals surface area contributed by atoms with Crippen molar-refractivity contribution in [2.45, 2.75) is 64.8 Å². The van der Waals surface area contributed by atoms with E-state index in [1.165, 1.54) is 0 Å². The lowest BCUT2D eigenvalue weighted by atomic mass is 9.99. The van der Waals surface area contributed by atoms with Gasteiger partial charge < -0.3 is 9.47 Å². The van der Waals surface area contributed by atoms with E-state index in [1.807, 2.05) is 121 Å². The van der Waals surface area contributed by atoms with Crippen LogP contribution in [0.25, 0.3) is 0 Å². The number of benzene rings is 4. The van der Waals surface area contributed by atoms with Gasteiger partial charge in [0.2, 0.25) is 0 Å². The Balaban J connectivity index is 2.02. The molecule has 2 atom stereocenters. The van der Waals surface area contributed by atoms with Crippen molar-refractivity contribution in [2.24, 2.45) is 9.98 Å². The second-order valence-electron chi connectivity index (χ2n) is 12.4. The normalized spacial score (nSPS) is 12.8. The first kappa shape index (κ1) is 32.1. The highest BCUT2D eigenvalue weighted by Gasteiger charge is 2.40. The fourth-order valence-electron chi connectivity index (χ4n) is 4.52. The van der Waals surface area contributed by atoms with Crippen molar-refractivity contribution in [1.82, 2.24) is 0 Å². The average molecular weight is 589 g/mol. The average Bonchev–Trinajstić information content (AvgIpc) is 2.99. The quantitative estimate of drug-likeness (QED) is 0.150. The topological polar surface area (TPSA) is 77.3 Å². The molecule has 4 aromatic carbocycles. The molecule has 0 fully saturated rings. The summed E-state index contributed by atoms with van der Waals surface area (Å²) < 4.78 is 11.8. The largest absolute Gasteiger partial charge is 0.458 e. The molecule has 0 unspecified atom stereocenters. The molecule has 4 rings (SSSR count). The Kier molecular flexibility index (Phi) is 10.3. The van der Waals surface area contributed by atoms with Gasteiger partial charge in [0.15, 0.2) is 12.1 Å². The molecule has 0 aliphatic heterocycles. The number of ether oxygens (including phenoxy) is 2. The van der Waals surface area contributed by atoms with Crippen LogP contribution in [0.15, 0.2) is 131 Å². The second kappa shape index (κ2) is 14.1. The lowest BCUT2D eigenvalue weighted by Crippen LogP contribution is -2.45. The Hall–Kier alpha value is -4.84. The Labute approximate surface area is 260 Å². The van der Waals surface area contributed by atoms with E-state index in [2.05, 4.69) is 0 Å². The first-order valence-corrected chi connectivity index (χ1v) is 14.7. The van der Waals surface area contributed by atoms with Crippen molar-refractivity contribution < 1.29 is 19.1 Å². The summed E-state index contributed by atoms with van der Waals surface area (Å²) in [5.41, 5.74) is 2.52. The van der Waals surface area contributed by atoms with E-state index in [9.17, 15) is 9.59 Å². The Morgan fingerprint density at radius 3 is 0.886 bits per heavy atom. The zero-order chi connectivity index (χ0) is 31.7. The molecule has 0 spiro atoms. The van der Waals surface area contributed by atoms with Gasteiger partial charge in [0.1, 0.15) is 11.2 Å². The summed E-state index contributed by atoms with van der Waals surface area (Å²) in [6.07, 6.45) is 0. The molecule has 0 saturated carbocycles. The van der Waals surface area contributed by atoms with E-state index in [0.717, 1.165) is 22.3 Å². The molecular weight excluding hydrogens is 548 g/mol. The maximum atomic E-state index is 14.1. The second-order valence-corrected chi connectivity index (χ2v) is 12.4. The third-order valence-electron chi connectivity index (χ3n) is 6.32. The van der Waals surface area contributed by atoms with Crippen LogP contribution in [0.5, 0.6) is 0 Å². The van der Waals surface area contributed by atoms with Gasteiger partial charge in [-0.25, -0.2) is 9.59 Å². The van der Waals surface area contributed by atoms with Gasteiger partial charge in [-0.05, 0) is 41.5 Å². The lowest BCUT2D eigenvalue weighted by molar-refractivity contribution is -0.165. The van der Waals surface area contributed by atoms with Crippen LogP contribution >= 0.6 is 0 Å². The maximum absolute atomic E-state index is 14.1. The molecule has 0 heterocycles. The number of aliphatic imine (C=N–C) groups is 2. The maximum Gasteiger partial charge on any atom is 0.334 e. The highest BCUT2D eigenvalue weighted by Crippen LogP contribution is 2.23. The molecule has 4 aromatic rings. The van der Waals surface area contributed by atoms with Gasteiger partial charge in [-0.2, -0.15) is 0 Å². The van der Waals surface area contributed by atoms with E-state index >= 15 is 0 Å². The standard InChI is InChI=1S/C38H40N2O4/c1-37(2,3)43-35(41)33(39-31(27-19-11-7-12-20-27)28-21-13-8-14-22-28)34(36(42)44-38(4,5)6)40-32(29-23-15-9-16-24-29)30-25-17-10-18-26-30/h7-26,33-34H,1-6H3/t33-,34+. The minimum absolute atomic E-state index is 0.534. The predicted molar refractivity (Wildman–Crippen MR) is 176 cm³/mol. The zero-order valence-electron chi connectivity index (χ0n) is 26.2. The van der Waals surface area contributed by atoms with Crippen LogP contribution in [0.2, 0.25) is 0 Å². The van der Waals surface area contributed by atoms with E-state index in [1.54, 1.807) is 41.5 Å². The van der Waals surface area contributed by atoms with Crippen LogP contribution in [0.4, 0.5) is 0 Å². The molecular formula is C38H40N2O4. The molecule has 0 aromatic heterocycles. The zero-order valence-corrected chi connectivity index (χ0v) is 26.2. The smallest absolute Gasteiger partial charge is 0.334 e. The number of hydrogen-bond acceptors (Lipinski definition) is 6. The summed E-state index contributed by atoms with van der Waals surface area (Å²) in [6, 6.07) is 35.5. The Bertz CT molecular complexity index is 1380. The van der Waals surface area contributed by atoms with Gasteiger partial charge in [0, 0.05) is 22.3 Å². The third-order valence-corrected chi connectivity index (χ3v) is 6.32. The fraction of sp³-hybridized carbons (Fsp3) is 0.263. The molecule has 0 aliphatic rings. The van der Waals surface area contributed by atoms with Crippen LogP contribution in [0.1, 0.15) is 63.8 Å². The molecule has 0 radical (unpaired) electrons. The van der Waals surface area contributed by atoms with Gasteiger partial charge in [-0.15, -0.1) is 0 Å². The molecule has 6 nitrogen and oxygen atoms in total. The summed E-state index contributed by atoms with van der Waals surface area (Å²) in [5, 5.41) is 0. The van der Waals surface area contributed by atoms with Crippen LogP contribution < -0.4 is 0 Å². The first-order chi connectivity index (χ1) is 20.9. The first-order valence-electron chi connectivity index (χ1n) is 14.7. The highest BCUT2D eigenvalue weighted by molar-refractivity contribution is 6.15. The van der Waals surface area contributed by atoms with Crippen LogP contribution in [0.3, 0.4) is 0 Å². The van der Waals surface area contributed by atoms with E-state index in [4.69, 9.17) is 19.5 Å². The molecule has 0 aliphatic carbocycles. The molecule has 226 valence electrons. The van der Waals surface area contributed by atoms with Crippen molar-refractivity contribution in [1.29, 1.82) is 0 Å². The predicted octanol–water partition coefficient (Wildman–Crippen LogP) is 7.48. The van der Waals surface area contributed by atoms with E-state index in [-0.39, 0.29) is 0 Å². The van der Waals surface area contributed by atoms with Crippen LogP contribution in [-0.2, 0) is 19.1 Å². The highest BCUT2D eigenvalue weighted by atomic mass is 16.6. The summed E-state index contributed by atoms with van der Waals surface area (Å²) in [5.74, 6) is -1.36. The number of esters is 2. The number of nitrogens with zero attached hydrogens (tertiary/aromatic N) is 2. The van der Waals surface area contributed by atoms with Gasteiger partial charge in [0.25, 0.3) is 0 Å². The molecule has 6 heteroatoms. The van der Waals surface area contributed by atoms with Crippen molar-refractivity contribution >= 4 is 23.4 Å². The number of rotatable bonds is 9. The lowest BCUT2D eigenvalue weighted by Gasteiger charge is -2.28. The number of hydrogen-bond donors (Lipinski definition) is 0. The summed E-state index contributed by atoms with van der Waals surface area (Å²) in [4.78, 5) is 38.3. The van der Waals surface area contributed by atoms with Gasteiger partial charge in [-0.1, -0.05) is 121 Å². The van der Waals surface area contributed by atoms with E-state index in [0.29, 0.717) is 11.4 Å². The van der Waals surface area contributed by atoms with Gasteiger partial charge >= 0.3 is 11.9 Å². The van der Waals surface area contributed by atoms with Crippen molar-refractivity contribution in [3.63, 3.8) is 0 Å². The molecule has 44 heavy (non-hydrogen) atoms. The van der Waals surface area contributed by atoms with E-state index < -0.39 is 35.2 Å². The SMILES string of the molecule is CC(C)(C)OC(=O)[C@@H](N=C(c1ccccc1)c1ccccc1)[C@@H](N=C(c1ccccc1)c1ccccc1)C(=O)OC(C)(C)C. The Morgan fingerprint density at radius 1 is 0.455 bits per heavy atom. The number of carbonyl (C=O) groups is 2. The number of carbonyl (C=O) groups excluding carboxylic acids is 2. The van der Waals surface area contributed by atoms with Gasteiger partial charge in [-0.3, -0.25) is 9.98 Å². The minimum Gasteiger partial charge on any atom is -0.458 e. The summed E-state index contributed by atoms with van der Waals surface area (Å²) in [7, 11) is 0. The summed E-state index contributed by atoms with van der Waals surface area (Å²) >= 11 is 0. The van der Waals surface area contributed by atoms with Crippen molar-refractivity contribution in [3.8, 4) is 0 Å². The Morgan fingerprint density at radius 2 is 0.682 bits per heavy atom. The summed E-state index contributed by atoms with van der Waals surface area (Å²) in [6.45, 7) is 10.7. The molecule has 0 saturated heterocycles. The van der Waals surface area contributed by atoms with Crippen LogP contribution in [0, 0.1) is 0 Å². The van der Waals surface area contributed by atoms with Crippen molar-refractivity contribution in [2.75, 3.05) is 0 Å². The van der Waals surface area contributed by atoms with Crippen molar-refractivity contribution in [3.05, 3.63) is 144 Å². The van der Waals surface area contributed by atoms with Gasteiger partial charge in [0.05, 0.1) is 11.4 Å². The molecule has 0 bridgehead atoms. The molecule has 0 amide bonds. The monoisotopic (exact) mass is 588 g/mol. The van der Waals surface area contributed by atoms with Crippen LogP contribution in [-0.4, -0.2) is 46.6 Å². The minimum atomic E-state index is -1.36. The molecule has 0 N–H and O–H groups in total.